The minimum absolute atomic E-state index is 0.264. The van der Waals surface area contributed by atoms with Crippen molar-refractivity contribution in [3.63, 3.8) is 0 Å². The maximum Gasteiger partial charge on any atom is 0.391 e. The van der Waals surface area contributed by atoms with E-state index in [1.165, 1.54) is 10.9 Å². The molecule has 2 N–H and O–H groups in total. The van der Waals surface area contributed by atoms with E-state index in [0.717, 1.165) is 5.56 Å². The van der Waals surface area contributed by atoms with Gasteiger partial charge in [0.15, 0.2) is 5.69 Å². The van der Waals surface area contributed by atoms with Crippen molar-refractivity contribution in [1.29, 1.82) is 0 Å². The van der Waals surface area contributed by atoms with E-state index in [1.807, 2.05) is 30.3 Å². The Morgan fingerprint density at radius 3 is 2.50 bits per heavy atom. The number of rotatable bonds is 6. The van der Waals surface area contributed by atoms with Gasteiger partial charge in [0.05, 0.1) is 19.2 Å². The fourth-order valence-corrected chi connectivity index (χ4v) is 1.91. The van der Waals surface area contributed by atoms with E-state index in [9.17, 15) is 22.8 Å². The van der Waals surface area contributed by atoms with Gasteiger partial charge in [-0.25, -0.2) is 9.48 Å². The van der Waals surface area contributed by atoms with Crippen LogP contribution in [0.4, 0.5) is 13.2 Å². The zero-order valence-electron chi connectivity index (χ0n) is 12.2. The monoisotopic (exact) mass is 342 g/mol. The highest BCUT2D eigenvalue weighted by molar-refractivity contribution is 5.94. The van der Waals surface area contributed by atoms with Crippen LogP contribution in [0.5, 0.6) is 0 Å². The summed E-state index contributed by atoms with van der Waals surface area (Å²) in [6.45, 7) is 0.312. The summed E-state index contributed by atoms with van der Waals surface area (Å²) in [7, 11) is 0. The predicted octanol–water partition coefficient (Wildman–Crippen LogP) is 1.46. The van der Waals surface area contributed by atoms with Crippen LogP contribution in [0.25, 0.3) is 0 Å². The molecular formula is C14H13F3N4O3. The van der Waals surface area contributed by atoms with Gasteiger partial charge in [-0.1, -0.05) is 35.5 Å². The summed E-state index contributed by atoms with van der Waals surface area (Å²) >= 11 is 0. The number of nitrogens with zero attached hydrogens (tertiary/aromatic N) is 3. The van der Waals surface area contributed by atoms with Crippen LogP contribution >= 0.6 is 0 Å². The average Bonchev–Trinajstić information content (AvgIpc) is 2.94. The molecule has 2 rings (SSSR count). The summed E-state index contributed by atoms with van der Waals surface area (Å²) in [6, 6.07) is 7.02. The minimum atomic E-state index is -4.72. The number of carboxylic acid groups (broad SMARTS) is 1. The van der Waals surface area contributed by atoms with Crippen LogP contribution in [0.1, 0.15) is 22.5 Å². The first-order valence-corrected chi connectivity index (χ1v) is 6.79. The van der Waals surface area contributed by atoms with Gasteiger partial charge in [0.1, 0.15) is 6.04 Å². The first-order chi connectivity index (χ1) is 11.2. The lowest BCUT2D eigenvalue weighted by molar-refractivity contribution is -0.157. The van der Waals surface area contributed by atoms with Crippen LogP contribution in [0, 0.1) is 0 Å². The second kappa shape index (κ2) is 7.11. The molecule has 0 saturated carbocycles. The Balaban J connectivity index is 2.03. The predicted molar refractivity (Wildman–Crippen MR) is 75.1 cm³/mol. The van der Waals surface area contributed by atoms with Gasteiger partial charge in [0.25, 0.3) is 5.91 Å². The summed E-state index contributed by atoms with van der Waals surface area (Å²) in [5.74, 6) is -2.82. The van der Waals surface area contributed by atoms with E-state index in [4.69, 9.17) is 5.11 Å². The fourth-order valence-electron chi connectivity index (χ4n) is 1.91. The standard InChI is InChI=1S/C14H13F3N4O3/c15-14(16,17)6-10(13(23)24)18-12(22)11-8-21(20-19-11)7-9-4-2-1-3-5-9/h1-5,8,10H,6-7H2,(H,18,22)(H,23,24). The third-order valence-corrected chi connectivity index (χ3v) is 3.00. The highest BCUT2D eigenvalue weighted by Gasteiger charge is 2.36. The van der Waals surface area contributed by atoms with Crippen molar-refractivity contribution in [2.75, 3.05) is 0 Å². The molecule has 1 atom stereocenters. The molecule has 24 heavy (non-hydrogen) atoms. The Morgan fingerprint density at radius 2 is 1.92 bits per heavy atom. The third kappa shape index (κ3) is 5.07. The number of hydrogen-bond acceptors (Lipinski definition) is 4. The highest BCUT2D eigenvalue weighted by atomic mass is 19.4. The molecule has 10 heteroatoms. The van der Waals surface area contributed by atoms with Crippen molar-refractivity contribution in [1.82, 2.24) is 20.3 Å². The highest BCUT2D eigenvalue weighted by Crippen LogP contribution is 2.21. The minimum Gasteiger partial charge on any atom is -0.480 e. The molecule has 1 heterocycles. The summed E-state index contributed by atoms with van der Waals surface area (Å²) in [5, 5.41) is 17.8. The molecular weight excluding hydrogens is 329 g/mol. The molecule has 1 aromatic carbocycles. The molecule has 0 radical (unpaired) electrons. The van der Waals surface area contributed by atoms with Crippen molar-refractivity contribution in [2.45, 2.75) is 25.2 Å². The molecule has 7 nitrogen and oxygen atoms in total. The summed E-state index contributed by atoms with van der Waals surface area (Å²) in [4.78, 5) is 22.7. The van der Waals surface area contributed by atoms with E-state index in [2.05, 4.69) is 10.3 Å². The zero-order valence-corrected chi connectivity index (χ0v) is 12.2. The number of aromatic nitrogens is 3. The van der Waals surface area contributed by atoms with E-state index in [1.54, 1.807) is 5.32 Å². The number of carbonyl (C=O) groups is 2. The number of aliphatic carboxylic acids is 1. The Morgan fingerprint density at radius 1 is 1.25 bits per heavy atom. The maximum atomic E-state index is 12.3. The molecule has 0 aliphatic heterocycles. The van der Waals surface area contributed by atoms with Gasteiger partial charge in [-0.05, 0) is 5.56 Å². The first kappa shape index (κ1) is 17.4. The quantitative estimate of drug-likeness (QED) is 0.828. The number of halogens is 3. The van der Waals surface area contributed by atoms with Crippen LogP contribution in [0.3, 0.4) is 0 Å². The van der Waals surface area contributed by atoms with Crippen molar-refractivity contribution >= 4 is 11.9 Å². The Bertz CT molecular complexity index is 716. The second-order valence-electron chi connectivity index (χ2n) is 4.97. The lowest BCUT2D eigenvalue weighted by atomic mass is 10.2. The van der Waals surface area contributed by atoms with Crippen LogP contribution in [-0.4, -0.2) is 44.2 Å². The summed E-state index contributed by atoms with van der Waals surface area (Å²) in [5.41, 5.74) is 0.620. The number of carbonyl (C=O) groups excluding carboxylic acids is 1. The van der Waals surface area contributed by atoms with Crippen LogP contribution in [0.2, 0.25) is 0 Å². The summed E-state index contributed by atoms with van der Waals surface area (Å²) < 4.78 is 38.3. The molecule has 0 aliphatic rings. The Hall–Kier alpha value is -2.91. The van der Waals surface area contributed by atoms with Crippen molar-refractivity contribution in [2.24, 2.45) is 0 Å². The van der Waals surface area contributed by atoms with E-state index in [0.29, 0.717) is 6.54 Å². The van der Waals surface area contributed by atoms with Gasteiger partial charge < -0.3 is 10.4 Å². The van der Waals surface area contributed by atoms with Crippen LogP contribution in [-0.2, 0) is 11.3 Å². The molecule has 2 aromatic rings. The van der Waals surface area contributed by atoms with Gasteiger partial charge in [-0.15, -0.1) is 5.10 Å². The molecule has 1 aromatic heterocycles. The average molecular weight is 342 g/mol. The number of nitrogens with one attached hydrogen (secondary N) is 1. The van der Waals surface area contributed by atoms with Crippen molar-refractivity contribution in [3.8, 4) is 0 Å². The van der Waals surface area contributed by atoms with Crippen molar-refractivity contribution in [3.05, 3.63) is 47.8 Å². The van der Waals surface area contributed by atoms with Crippen LogP contribution < -0.4 is 5.32 Å². The normalized spacial score (nSPS) is 12.6. The third-order valence-electron chi connectivity index (χ3n) is 3.00. The number of hydrogen-bond donors (Lipinski definition) is 2. The van der Waals surface area contributed by atoms with E-state index >= 15 is 0 Å². The van der Waals surface area contributed by atoms with E-state index in [-0.39, 0.29) is 5.69 Å². The van der Waals surface area contributed by atoms with Gasteiger partial charge in [-0.3, -0.25) is 4.79 Å². The summed E-state index contributed by atoms with van der Waals surface area (Å²) in [6.07, 6.45) is -5.16. The van der Waals surface area contributed by atoms with Gasteiger partial charge in [0, 0.05) is 0 Å². The van der Waals surface area contributed by atoms with Gasteiger partial charge >= 0.3 is 12.1 Å². The largest absolute Gasteiger partial charge is 0.480 e. The van der Waals surface area contributed by atoms with Crippen molar-refractivity contribution < 1.29 is 27.9 Å². The van der Waals surface area contributed by atoms with Gasteiger partial charge in [-0.2, -0.15) is 13.2 Å². The molecule has 0 bridgehead atoms. The molecule has 0 saturated heterocycles. The number of benzene rings is 1. The zero-order chi connectivity index (χ0) is 17.7. The Kier molecular flexibility index (Phi) is 5.17. The smallest absolute Gasteiger partial charge is 0.391 e. The number of alkyl halides is 3. The molecule has 0 aliphatic carbocycles. The lowest BCUT2D eigenvalue weighted by Gasteiger charge is -2.15. The topological polar surface area (TPSA) is 97.1 Å². The molecule has 0 fully saturated rings. The Labute approximate surface area is 134 Å². The van der Waals surface area contributed by atoms with E-state index < -0.39 is 30.5 Å². The number of carboxylic acids is 1. The fraction of sp³-hybridized carbons (Fsp3) is 0.286. The molecule has 128 valence electrons. The van der Waals surface area contributed by atoms with Gasteiger partial charge in [0.2, 0.25) is 0 Å². The SMILES string of the molecule is O=C(NC(CC(F)(F)F)C(=O)O)c1cn(Cc2ccccc2)nn1. The first-order valence-electron chi connectivity index (χ1n) is 6.79. The number of amides is 1. The second-order valence-corrected chi connectivity index (χ2v) is 4.97. The van der Waals surface area contributed by atoms with Crippen LogP contribution in [0.15, 0.2) is 36.5 Å². The lowest BCUT2D eigenvalue weighted by Crippen LogP contribution is -2.43. The molecule has 1 unspecified atom stereocenters. The molecule has 1 amide bonds. The molecule has 0 spiro atoms. The maximum absolute atomic E-state index is 12.3.